The van der Waals surface area contributed by atoms with Gasteiger partial charge in [-0.3, -0.25) is 9.78 Å². The number of rotatable bonds is 10. The molecule has 0 radical (unpaired) electrons. The molecule has 3 aromatic carbocycles. The van der Waals surface area contributed by atoms with Gasteiger partial charge in [-0.05, 0) is 42.8 Å². The minimum Gasteiger partial charge on any atom is -0.497 e. The standard InChI is InChI=1S/C33H34F3N3O4/c1-21(26-18-38(19-26)13-14-40)39(20-24-9-12-28(42-2)16-30(24)43-3)32(41)25-15-23-5-4-6-29(31(23)37-17-25)22-7-10-27(11-8-22)33(34,35)36/h4-12,15-17,21,26,40H,13-14,18-20H2,1-3H3/t21-/m0/s1. The van der Waals surface area contributed by atoms with E-state index in [9.17, 15) is 23.1 Å². The first-order valence-corrected chi connectivity index (χ1v) is 14.0. The summed E-state index contributed by atoms with van der Waals surface area (Å²) in [5.74, 6) is 1.28. The fourth-order valence-electron chi connectivity index (χ4n) is 5.58. The van der Waals surface area contributed by atoms with Crippen LogP contribution in [0.25, 0.3) is 22.0 Å². The van der Waals surface area contributed by atoms with Gasteiger partial charge in [0.2, 0.25) is 0 Å². The maximum atomic E-state index is 14.2. The van der Waals surface area contributed by atoms with Crippen molar-refractivity contribution >= 4 is 16.8 Å². The average molecular weight is 594 g/mol. The Balaban J connectivity index is 1.47. The normalized spacial score (nSPS) is 14.8. The molecule has 0 spiro atoms. The Morgan fingerprint density at radius 1 is 1.07 bits per heavy atom. The van der Waals surface area contributed by atoms with Crippen molar-refractivity contribution in [2.45, 2.75) is 25.7 Å². The number of aromatic nitrogens is 1. The number of pyridine rings is 1. The molecule has 1 aromatic heterocycles. The van der Waals surface area contributed by atoms with Crippen LogP contribution in [0.5, 0.6) is 11.5 Å². The summed E-state index contributed by atoms with van der Waals surface area (Å²) in [6.07, 6.45) is -2.89. The number of methoxy groups -OCH3 is 2. The van der Waals surface area contributed by atoms with Crippen molar-refractivity contribution in [3.8, 4) is 22.6 Å². The number of para-hydroxylation sites is 1. The molecule has 0 unspecified atom stereocenters. The smallest absolute Gasteiger partial charge is 0.416 e. The van der Waals surface area contributed by atoms with Gasteiger partial charge in [0.15, 0.2) is 0 Å². The molecular weight excluding hydrogens is 559 g/mol. The monoisotopic (exact) mass is 593 g/mol. The number of alkyl halides is 3. The zero-order valence-electron chi connectivity index (χ0n) is 24.3. The van der Waals surface area contributed by atoms with E-state index in [0.717, 1.165) is 30.8 Å². The van der Waals surface area contributed by atoms with Crippen molar-refractivity contribution in [2.75, 3.05) is 40.5 Å². The first-order chi connectivity index (χ1) is 20.6. The number of likely N-dealkylation sites (tertiary alicyclic amines) is 1. The van der Waals surface area contributed by atoms with Gasteiger partial charge in [-0.1, -0.05) is 30.3 Å². The van der Waals surface area contributed by atoms with Gasteiger partial charge in [0.1, 0.15) is 11.5 Å². The summed E-state index contributed by atoms with van der Waals surface area (Å²) in [5.41, 5.74) is 2.39. The number of aliphatic hydroxyl groups is 1. The molecule has 4 aromatic rings. The van der Waals surface area contributed by atoms with Gasteiger partial charge < -0.3 is 24.4 Å². The molecule has 1 saturated heterocycles. The summed E-state index contributed by atoms with van der Waals surface area (Å²) in [6, 6.07) is 17.6. The minimum atomic E-state index is -4.42. The third-order valence-electron chi connectivity index (χ3n) is 8.15. The third-order valence-corrected chi connectivity index (χ3v) is 8.15. The van der Waals surface area contributed by atoms with Crippen molar-refractivity contribution in [3.05, 3.63) is 89.6 Å². The Morgan fingerprint density at radius 2 is 1.81 bits per heavy atom. The Labute approximate surface area is 248 Å². The Morgan fingerprint density at radius 3 is 2.47 bits per heavy atom. The largest absolute Gasteiger partial charge is 0.497 e. The fourth-order valence-corrected chi connectivity index (χ4v) is 5.58. The van der Waals surface area contributed by atoms with Crippen molar-refractivity contribution in [3.63, 3.8) is 0 Å². The second-order valence-corrected chi connectivity index (χ2v) is 10.8. The molecule has 1 atom stereocenters. The maximum absolute atomic E-state index is 14.2. The molecule has 0 bridgehead atoms. The Hall–Kier alpha value is -4.15. The van der Waals surface area contributed by atoms with Crippen LogP contribution in [-0.2, 0) is 12.7 Å². The van der Waals surface area contributed by atoms with Crippen molar-refractivity contribution in [1.82, 2.24) is 14.8 Å². The van der Waals surface area contributed by atoms with Crippen molar-refractivity contribution in [1.29, 1.82) is 0 Å². The number of ether oxygens (including phenoxy) is 2. The number of nitrogens with zero attached hydrogens (tertiary/aromatic N) is 3. The molecule has 7 nitrogen and oxygen atoms in total. The first-order valence-electron chi connectivity index (χ1n) is 14.0. The topological polar surface area (TPSA) is 75.1 Å². The zero-order chi connectivity index (χ0) is 30.7. The number of fused-ring (bicyclic) bond motifs is 1. The highest BCUT2D eigenvalue weighted by atomic mass is 19.4. The van der Waals surface area contributed by atoms with E-state index in [-0.39, 0.29) is 24.5 Å². The number of β-amino-alcohol motifs (C(OH)–C–C–N with tert-alkyl or cyclic N) is 1. The second kappa shape index (κ2) is 12.6. The van der Waals surface area contributed by atoms with Gasteiger partial charge in [-0.15, -0.1) is 0 Å². The van der Waals surface area contributed by atoms with Crippen LogP contribution in [0.1, 0.15) is 28.4 Å². The second-order valence-electron chi connectivity index (χ2n) is 10.8. The molecule has 1 amide bonds. The van der Waals surface area contributed by atoms with Crippen molar-refractivity contribution < 1.29 is 32.5 Å². The van der Waals surface area contributed by atoms with Gasteiger partial charge in [0, 0.05) is 66.9 Å². The van der Waals surface area contributed by atoms with E-state index in [1.54, 1.807) is 38.5 Å². The number of carbonyl (C=O) groups is 1. The summed E-state index contributed by atoms with van der Waals surface area (Å²) in [4.78, 5) is 22.8. The predicted molar refractivity (Wildman–Crippen MR) is 158 cm³/mol. The molecule has 2 heterocycles. The Kier molecular flexibility index (Phi) is 8.89. The molecule has 10 heteroatoms. The summed E-state index contributed by atoms with van der Waals surface area (Å²) >= 11 is 0. The average Bonchev–Trinajstić information content (AvgIpc) is 2.99. The summed E-state index contributed by atoms with van der Waals surface area (Å²) in [7, 11) is 3.16. The van der Waals surface area contributed by atoms with Gasteiger partial charge in [0.05, 0.1) is 37.5 Å². The molecular formula is C33H34F3N3O4. The van der Waals surface area contributed by atoms with E-state index >= 15 is 0 Å². The molecule has 0 aliphatic carbocycles. The van der Waals surface area contributed by atoms with Crippen LogP contribution in [0.2, 0.25) is 0 Å². The lowest BCUT2D eigenvalue weighted by Crippen LogP contribution is -2.57. The molecule has 1 aliphatic rings. The summed E-state index contributed by atoms with van der Waals surface area (Å²) in [5, 5.41) is 10.0. The number of amides is 1. The molecule has 1 aliphatic heterocycles. The number of carbonyl (C=O) groups excluding carboxylic acids is 1. The first kappa shape index (κ1) is 30.3. The van der Waals surface area contributed by atoms with Crippen LogP contribution in [0.15, 0.2) is 72.9 Å². The number of hydrogen-bond acceptors (Lipinski definition) is 6. The van der Waals surface area contributed by atoms with E-state index < -0.39 is 11.7 Å². The molecule has 43 heavy (non-hydrogen) atoms. The van der Waals surface area contributed by atoms with Crippen LogP contribution in [-0.4, -0.2) is 72.3 Å². The van der Waals surface area contributed by atoms with Crippen molar-refractivity contribution in [2.24, 2.45) is 5.92 Å². The van der Waals surface area contributed by atoms with Crippen LogP contribution in [0.4, 0.5) is 13.2 Å². The highest BCUT2D eigenvalue weighted by Crippen LogP contribution is 2.34. The summed E-state index contributed by atoms with van der Waals surface area (Å²) in [6.45, 7) is 4.57. The fraction of sp³-hybridized carbons (Fsp3) is 0.333. The lowest BCUT2D eigenvalue weighted by molar-refractivity contribution is -0.137. The van der Waals surface area contributed by atoms with Crippen LogP contribution >= 0.6 is 0 Å². The van der Waals surface area contributed by atoms with E-state index in [1.807, 2.05) is 30.0 Å². The van der Waals surface area contributed by atoms with E-state index in [1.165, 1.54) is 18.3 Å². The van der Waals surface area contributed by atoms with Gasteiger partial charge in [0.25, 0.3) is 5.91 Å². The predicted octanol–water partition coefficient (Wildman–Crippen LogP) is 5.89. The number of benzene rings is 3. The lowest BCUT2D eigenvalue weighted by Gasteiger charge is -2.46. The van der Waals surface area contributed by atoms with Crippen LogP contribution in [0.3, 0.4) is 0 Å². The van der Waals surface area contributed by atoms with Gasteiger partial charge in [-0.25, -0.2) is 0 Å². The van der Waals surface area contributed by atoms with Crippen LogP contribution in [0, 0.1) is 5.92 Å². The highest BCUT2D eigenvalue weighted by molar-refractivity contribution is 6.00. The quantitative estimate of drug-likeness (QED) is 0.247. The highest BCUT2D eigenvalue weighted by Gasteiger charge is 2.36. The molecule has 5 rings (SSSR count). The SMILES string of the molecule is COc1ccc(CN(C(=O)c2cnc3c(-c4ccc(C(F)(F)F)cc4)cccc3c2)[C@@H](C)C2CN(CCO)C2)c(OC)c1. The molecule has 226 valence electrons. The van der Waals surface area contributed by atoms with Gasteiger partial charge in [-0.2, -0.15) is 13.2 Å². The Bertz CT molecular complexity index is 1590. The third kappa shape index (κ3) is 6.45. The van der Waals surface area contributed by atoms with E-state index in [4.69, 9.17) is 9.47 Å². The number of aliphatic hydroxyl groups excluding tert-OH is 1. The number of halogens is 3. The molecule has 1 fully saturated rings. The molecule has 0 saturated carbocycles. The van der Waals surface area contributed by atoms with Crippen LogP contribution < -0.4 is 9.47 Å². The zero-order valence-corrected chi connectivity index (χ0v) is 24.3. The molecule has 1 N–H and O–H groups in total. The maximum Gasteiger partial charge on any atom is 0.416 e. The van der Waals surface area contributed by atoms with E-state index in [2.05, 4.69) is 9.88 Å². The lowest BCUT2D eigenvalue weighted by atomic mass is 9.90. The number of hydrogen-bond donors (Lipinski definition) is 1. The summed E-state index contributed by atoms with van der Waals surface area (Å²) < 4.78 is 50.2. The van der Waals surface area contributed by atoms with E-state index in [0.29, 0.717) is 52.2 Å². The van der Waals surface area contributed by atoms with Gasteiger partial charge >= 0.3 is 6.18 Å². The minimum absolute atomic E-state index is 0.0873.